The van der Waals surface area contributed by atoms with Crippen molar-refractivity contribution in [1.29, 1.82) is 0 Å². The van der Waals surface area contributed by atoms with Gasteiger partial charge in [0.25, 0.3) is 0 Å². The van der Waals surface area contributed by atoms with Gasteiger partial charge in [0.1, 0.15) is 0 Å². The summed E-state index contributed by atoms with van der Waals surface area (Å²) in [6.07, 6.45) is 1.10. The Morgan fingerprint density at radius 3 is 2.61 bits per heavy atom. The molecule has 3 N–H and O–H groups in total. The van der Waals surface area contributed by atoms with Gasteiger partial charge in [0.05, 0.1) is 14.2 Å². The second-order valence-electron chi connectivity index (χ2n) is 3.83. The second kappa shape index (κ2) is 7.55. The van der Waals surface area contributed by atoms with Crippen molar-refractivity contribution < 1.29 is 14.3 Å². The van der Waals surface area contributed by atoms with Crippen molar-refractivity contribution in [2.45, 2.75) is 12.8 Å². The van der Waals surface area contributed by atoms with Crippen LogP contribution in [0.1, 0.15) is 12.0 Å². The fourth-order valence-corrected chi connectivity index (χ4v) is 1.59. The Kier molecular flexibility index (Phi) is 6.00. The Labute approximate surface area is 107 Å². The first-order chi connectivity index (χ1) is 8.71. The minimum atomic E-state index is 0.00948. The molecule has 1 aromatic carbocycles. The number of hydrogen-bond donors (Lipinski definition) is 2. The lowest BCUT2D eigenvalue weighted by molar-refractivity contribution is -0.120. The highest BCUT2D eigenvalue weighted by molar-refractivity contribution is 5.76. The molecule has 0 saturated carbocycles. The van der Waals surface area contributed by atoms with E-state index in [4.69, 9.17) is 15.2 Å². The molecule has 0 heterocycles. The van der Waals surface area contributed by atoms with E-state index in [-0.39, 0.29) is 5.91 Å². The summed E-state index contributed by atoms with van der Waals surface area (Å²) in [5.41, 5.74) is 6.35. The molecular weight excluding hydrogens is 232 g/mol. The molecular formula is C13H20N2O3. The number of nitrogens with two attached hydrogens (primary N) is 1. The number of hydrogen-bond acceptors (Lipinski definition) is 4. The molecule has 0 aliphatic rings. The molecule has 0 spiro atoms. The number of benzene rings is 1. The molecule has 1 aromatic rings. The predicted octanol–water partition coefficient (Wildman–Crippen LogP) is 0.711. The quantitative estimate of drug-likeness (QED) is 0.749. The topological polar surface area (TPSA) is 73.6 Å². The predicted molar refractivity (Wildman–Crippen MR) is 69.9 cm³/mol. The Balaban J connectivity index is 2.55. The molecule has 5 nitrogen and oxygen atoms in total. The highest BCUT2D eigenvalue weighted by atomic mass is 16.5. The van der Waals surface area contributed by atoms with Crippen LogP contribution in [0.5, 0.6) is 11.5 Å². The van der Waals surface area contributed by atoms with Crippen molar-refractivity contribution in [2.24, 2.45) is 5.73 Å². The molecule has 1 amide bonds. The molecule has 5 heteroatoms. The number of amides is 1. The first kappa shape index (κ1) is 14.3. The largest absolute Gasteiger partial charge is 0.493 e. The number of carbonyl (C=O) groups is 1. The van der Waals surface area contributed by atoms with Gasteiger partial charge in [-0.15, -0.1) is 0 Å². The lowest BCUT2D eigenvalue weighted by atomic mass is 10.1. The van der Waals surface area contributed by atoms with Crippen molar-refractivity contribution in [2.75, 3.05) is 27.3 Å². The summed E-state index contributed by atoms with van der Waals surface area (Å²) in [7, 11) is 3.19. The summed E-state index contributed by atoms with van der Waals surface area (Å²) in [6.45, 7) is 0.979. The molecule has 18 heavy (non-hydrogen) atoms. The zero-order chi connectivity index (χ0) is 13.4. The Morgan fingerprint density at radius 1 is 1.28 bits per heavy atom. The summed E-state index contributed by atoms with van der Waals surface area (Å²) in [5, 5.41) is 2.73. The zero-order valence-electron chi connectivity index (χ0n) is 10.9. The highest BCUT2D eigenvalue weighted by Crippen LogP contribution is 2.27. The third-order valence-corrected chi connectivity index (χ3v) is 2.56. The van der Waals surface area contributed by atoms with Crippen LogP contribution in [0.25, 0.3) is 0 Å². The van der Waals surface area contributed by atoms with Crippen LogP contribution in [-0.4, -0.2) is 33.2 Å². The van der Waals surface area contributed by atoms with E-state index in [1.165, 1.54) is 0 Å². The molecule has 0 saturated heterocycles. The maximum Gasteiger partial charge on any atom is 0.220 e. The molecule has 1 rings (SSSR count). The minimum Gasteiger partial charge on any atom is -0.493 e. The van der Waals surface area contributed by atoms with Crippen molar-refractivity contribution in [3.05, 3.63) is 23.8 Å². The third kappa shape index (κ3) is 4.25. The van der Waals surface area contributed by atoms with Crippen LogP contribution in [0.4, 0.5) is 0 Å². The molecule has 0 atom stereocenters. The Bertz CT molecular complexity index is 394. The molecule has 0 aromatic heterocycles. The van der Waals surface area contributed by atoms with E-state index in [0.717, 1.165) is 5.56 Å². The molecule has 0 bridgehead atoms. The third-order valence-electron chi connectivity index (χ3n) is 2.56. The average molecular weight is 252 g/mol. The number of aryl methyl sites for hydroxylation is 1. The Hall–Kier alpha value is -1.75. The zero-order valence-corrected chi connectivity index (χ0v) is 10.9. The van der Waals surface area contributed by atoms with Crippen LogP contribution in [0, 0.1) is 0 Å². The van der Waals surface area contributed by atoms with Crippen LogP contribution in [0.2, 0.25) is 0 Å². The van der Waals surface area contributed by atoms with Gasteiger partial charge in [0.2, 0.25) is 5.91 Å². The fraction of sp³-hybridized carbons (Fsp3) is 0.462. The maximum absolute atomic E-state index is 11.4. The number of carbonyl (C=O) groups excluding carboxylic acids is 1. The van der Waals surface area contributed by atoms with Gasteiger partial charge in [-0.3, -0.25) is 4.79 Å². The van der Waals surface area contributed by atoms with Gasteiger partial charge >= 0.3 is 0 Å². The molecule has 0 aliphatic heterocycles. The van der Waals surface area contributed by atoms with Crippen LogP contribution < -0.4 is 20.5 Å². The van der Waals surface area contributed by atoms with E-state index >= 15 is 0 Å². The fourth-order valence-electron chi connectivity index (χ4n) is 1.59. The molecule has 0 aliphatic carbocycles. The van der Waals surface area contributed by atoms with Crippen LogP contribution in [0.15, 0.2) is 18.2 Å². The van der Waals surface area contributed by atoms with E-state index in [2.05, 4.69) is 5.32 Å². The molecule has 0 radical (unpaired) electrons. The van der Waals surface area contributed by atoms with Crippen molar-refractivity contribution in [3.63, 3.8) is 0 Å². The minimum absolute atomic E-state index is 0.00948. The molecule has 0 unspecified atom stereocenters. The normalized spacial score (nSPS) is 9.94. The van der Waals surface area contributed by atoms with Gasteiger partial charge in [-0.05, 0) is 24.1 Å². The van der Waals surface area contributed by atoms with E-state index < -0.39 is 0 Å². The summed E-state index contributed by atoms with van der Waals surface area (Å²) in [5.74, 6) is 1.38. The summed E-state index contributed by atoms with van der Waals surface area (Å²) < 4.78 is 10.4. The number of methoxy groups -OCH3 is 2. The summed E-state index contributed by atoms with van der Waals surface area (Å²) in [6, 6.07) is 5.65. The number of ether oxygens (including phenoxy) is 2. The smallest absolute Gasteiger partial charge is 0.220 e. The van der Waals surface area contributed by atoms with Gasteiger partial charge < -0.3 is 20.5 Å². The van der Waals surface area contributed by atoms with Gasteiger partial charge in [-0.2, -0.15) is 0 Å². The molecule has 0 fully saturated rings. The summed E-state index contributed by atoms with van der Waals surface area (Å²) in [4.78, 5) is 11.4. The van der Waals surface area contributed by atoms with Crippen LogP contribution in [-0.2, 0) is 11.2 Å². The first-order valence-corrected chi connectivity index (χ1v) is 5.89. The van der Waals surface area contributed by atoms with Gasteiger partial charge in [0, 0.05) is 19.5 Å². The van der Waals surface area contributed by atoms with E-state index in [0.29, 0.717) is 37.4 Å². The van der Waals surface area contributed by atoms with Gasteiger partial charge in [-0.25, -0.2) is 0 Å². The maximum atomic E-state index is 11.4. The van der Waals surface area contributed by atoms with Gasteiger partial charge in [-0.1, -0.05) is 6.07 Å². The SMILES string of the molecule is COc1ccc(CCC(=O)NCCN)cc1OC. The van der Waals surface area contributed by atoms with Crippen LogP contribution in [0.3, 0.4) is 0 Å². The number of rotatable bonds is 7. The highest BCUT2D eigenvalue weighted by Gasteiger charge is 2.06. The second-order valence-corrected chi connectivity index (χ2v) is 3.83. The average Bonchev–Trinajstić information content (AvgIpc) is 2.42. The van der Waals surface area contributed by atoms with E-state index in [9.17, 15) is 4.79 Å². The van der Waals surface area contributed by atoms with Crippen molar-refractivity contribution in [3.8, 4) is 11.5 Å². The lowest BCUT2D eigenvalue weighted by Crippen LogP contribution is -2.29. The standard InChI is InChI=1S/C13H20N2O3/c1-17-11-5-3-10(9-12(11)18-2)4-6-13(16)15-8-7-14/h3,5,9H,4,6-8,14H2,1-2H3,(H,15,16). The van der Waals surface area contributed by atoms with E-state index in [1.807, 2.05) is 18.2 Å². The number of nitrogens with one attached hydrogen (secondary N) is 1. The van der Waals surface area contributed by atoms with Gasteiger partial charge in [0.15, 0.2) is 11.5 Å². The summed E-state index contributed by atoms with van der Waals surface area (Å²) >= 11 is 0. The van der Waals surface area contributed by atoms with Crippen LogP contribution >= 0.6 is 0 Å². The van der Waals surface area contributed by atoms with Crippen molar-refractivity contribution >= 4 is 5.91 Å². The first-order valence-electron chi connectivity index (χ1n) is 5.89. The Morgan fingerprint density at radius 2 is 2.00 bits per heavy atom. The van der Waals surface area contributed by atoms with Crippen molar-refractivity contribution in [1.82, 2.24) is 5.32 Å². The lowest BCUT2D eigenvalue weighted by Gasteiger charge is -2.09. The monoisotopic (exact) mass is 252 g/mol. The van der Waals surface area contributed by atoms with E-state index in [1.54, 1.807) is 14.2 Å². The molecule has 100 valence electrons.